The number of aromatic nitrogens is 2. The van der Waals surface area contributed by atoms with E-state index in [1.165, 1.54) is 5.56 Å². The van der Waals surface area contributed by atoms with Crippen molar-refractivity contribution in [3.05, 3.63) is 64.0 Å². The van der Waals surface area contributed by atoms with Crippen LogP contribution in [-0.2, 0) is 13.0 Å². The number of amides is 1. The molecular formula is C26H28N5O4+. The summed E-state index contributed by atoms with van der Waals surface area (Å²) < 4.78 is 11.7. The highest BCUT2D eigenvalue weighted by Crippen LogP contribution is 2.46. The number of fused-ring (bicyclic) bond motifs is 6. The van der Waals surface area contributed by atoms with E-state index < -0.39 is 0 Å². The molecule has 1 aromatic heterocycles. The molecule has 2 atom stereocenters. The van der Waals surface area contributed by atoms with Crippen LogP contribution in [0, 0.1) is 10.8 Å². The molecule has 1 N–H and O–H groups in total. The van der Waals surface area contributed by atoms with Gasteiger partial charge in [-0.3, -0.25) is 4.79 Å². The molecule has 0 aliphatic carbocycles. The number of ether oxygens (including phenoxy) is 2. The zero-order chi connectivity index (χ0) is 23.9. The Hall–Kier alpha value is -3.59. The van der Waals surface area contributed by atoms with Crippen molar-refractivity contribution in [3.63, 3.8) is 0 Å². The molecule has 9 heteroatoms. The Morgan fingerprint density at radius 2 is 2.14 bits per heavy atom. The SMILES string of the molecule is COc1cccc2c1[C@@H]1CN(CCCCc3ncc4c5c(ccc4n3)C(=O)N[N+](=O)C5)C[C@H]1CO2. The second-order valence-electron chi connectivity index (χ2n) is 9.55. The largest absolute Gasteiger partial charge is 0.496 e. The van der Waals surface area contributed by atoms with Crippen LogP contribution in [0.25, 0.3) is 10.9 Å². The standard InChI is InChI=1S/C26H27N5O4/c1-34-22-5-4-6-23-25(22)19-13-30(12-16(19)15-35-23)10-3-2-7-24-27-11-18-20-14-31(33)29-26(32)17(20)8-9-21(18)28-24/h4-6,8-9,11,16,19H,2-3,7,10,12-15H2,1H3/p+1/t16-,19+/m0/s1. The summed E-state index contributed by atoms with van der Waals surface area (Å²) >= 11 is 0. The Morgan fingerprint density at radius 1 is 1.23 bits per heavy atom. The molecule has 0 spiro atoms. The normalized spacial score (nSPS) is 21.2. The predicted molar refractivity (Wildman–Crippen MR) is 128 cm³/mol. The third-order valence-electron chi connectivity index (χ3n) is 7.41. The fourth-order valence-electron chi connectivity index (χ4n) is 5.71. The van der Waals surface area contributed by atoms with Crippen LogP contribution in [0.4, 0.5) is 0 Å². The minimum atomic E-state index is -0.387. The number of carbonyl (C=O) groups excluding carboxylic acids is 1. The van der Waals surface area contributed by atoms with E-state index in [-0.39, 0.29) is 12.5 Å². The van der Waals surface area contributed by atoms with Crippen molar-refractivity contribution < 1.29 is 19.1 Å². The van der Waals surface area contributed by atoms with Gasteiger partial charge in [0.15, 0.2) is 0 Å². The van der Waals surface area contributed by atoms with Crippen molar-refractivity contribution in [1.82, 2.24) is 20.3 Å². The third-order valence-corrected chi connectivity index (χ3v) is 7.41. The first kappa shape index (κ1) is 21.9. The quantitative estimate of drug-likeness (QED) is 0.433. The molecule has 0 unspecified atom stereocenters. The first-order valence-corrected chi connectivity index (χ1v) is 12.2. The molecule has 0 radical (unpaired) electrons. The van der Waals surface area contributed by atoms with Crippen molar-refractivity contribution in [1.29, 1.82) is 0 Å². The van der Waals surface area contributed by atoms with Gasteiger partial charge in [-0.1, -0.05) is 11.5 Å². The molecule has 1 saturated heterocycles. The van der Waals surface area contributed by atoms with E-state index in [1.54, 1.807) is 19.4 Å². The van der Waals surface area contributed by atoms with Gasteiger partial charge in [0.05, 0.1) is 29.7 Å². The van der Waals surface area contributed by atoms with Gasteiger partial charge < -0.3 is 14.4 Å². The maximum absolute atomic E-state index is 12.1. The molecular weight excluding hydrogens is 446 g/mol. The van der Waals surface area contributed by atoms with E-state index in [1.807, 2.05) is 24.3 Å². The van der Waals surface area contributed by atoms with E-state index in [4.69, 9.17) is 14.5 Å². The summed E-state index contributed by atoms with van der Waals surface area (Å²) in [7, 11) is 1.73. The van der Waals surface area contributed by atoms with Gasteiger partial charge in [0.2, 0.25) is 0 Å². The molecule has 1 amide bonds. The van der Waals surface area contributed by atoms with E-state index >= 15 is 0 Å². The average molecular weight is 475 g/mol. The number of carbonyl (C=O) groups is 1. The van der Waals surface area contributed by atoms with Crippen LogP contribution in [0.15, 0.2) is 36.5 Å². The molecule has 4 heterocycles. The van der Waals surface area contributed by atoms with Gasteiger partial charge in [0.1, 0.15) is 22.2 Å². The van der Waals surface area contributed by atoms with Crippen molar-refractivity contribution in [2.24, 2.45) is 5.92 Å². The first-order chi connectivity index (χ1) is 17.1. The Labute approximate surface area is 203 Å². The van der Waals surface area contributed by atoms with Gasteiger partial charge in [-0.05, 0) is 43.7 Å². The molecule has 3 aliphatic heterocycles. The summed E-state index contributed by atoms with van der Waals surface area (Å²) in [5.41, 5.74) is 5.47. The molecule has 0 bridgehead atoms. The van der Waals surface area contributed by atoms with Crippen molar-refractivity contribution >= 4 is 16.8 Å². The summed E-state index contributed by atoms with van der Waals surface area (Å²) in [6.07, 6.45) is 4.60. The van der Waals surface area contributed by atoms with E-state index in [2.05, 4.69) is 15.3 Å². The van der Waals surface area contributed by atoms with Crippen molar-refractivity contribution in [2.45, 2.75) is 31.7 Å². The maximum atomic E-state index is 12.1. The molecule has 6 rings (SSSR count). The van der Waals surface area contributed by atoms with Crippen molar-refractivity contribution in [3.8, 4) is 11.5 Å². The van der Waals surface area contributed by atoms with Crippen LogP contribution in [0.1, 0.15) is 46.1 Å². The molecule has 2 aromatic carbocycles. The van der Waals surface area contributed by atoms with E-state index in [9.17, 15) is 9.70 Å². The minimum absolute atomic E-state index is 0.0976. The number of nitrogens with one attached hydrogen (secondary N) is 1. The van der Waals surface area contributed by atoms with Gasteiger partial charge in [-0.25, -0.2) is 9.97 Å². The number of hydrogen-bond donors (Lipinski definition) is 1. The van der Waals surface area contributed by atoms with Gasteiger partial charge in [0.25, 0.3) is 6.54 Å². The summed E-state index contributed by atoms with van der Waals surface area (Å²) in [5.74, 6) is 3.25. The van der Waals surface area contributed by atoms with Gasteiger partial charge in [-0.15, -0.1) is 0 Å². The lowest BCUT2D eigenvalue weighted by molar-refractivity contribution is -0.609. The van der Waals surface area contributed by atoms with Crippen LogP contribution in [0.5, 0.6) is 11.5 Å². The lowest BCUT2D eigenvalue weighted by atomic mass is 9.86. The Balaban J connectivity index is 1.07. The van der Waals surface area contributed by atoms with Crippen LogP contribution in [-0.4, -0.2) is 59.0 Å². The number of benzene rings is 2. The number of rotatable bonds is 6. The number of hydrogen-bond acceptors (Lipinski definition) is 7. The fraction of sp³-hybridized carbons (Fsp3) is 0.423. The number of methoxy groups -OCH3 is 1. The highest BCUT2D eigenvalue weighted by molar-refractivity contribution is 6.00. The van der Waals surface area contributed by atoms with E-state index in [0.717, 1.165) is 73.7 Å². The number of nitroso groups, excluding NO2 is 1. The molecule has 9 nitrogen and oxygen atoms in total. The van der Waals surface area contributed by atoms with Crippen LogP contribution >= 0.6 is 0 Å². The van der Waals surface area contributed by atoms with Crippen molar-refractivity contribution in [2.75, 3.05) is 33.4 Å². The first-order valence-electron chi connectivity index (χ1n) is 12.2. The van der Waals surface area contributed by atoms with Crippen LogP contribution < -0.4 is 14.9 Å². The number of nitrogens with zero attached hydrogens (tertiary/aromatic N) is 4. The highest BCUT2D eigenvalue weighted by Gasteiger charge is 2.40. The average Bonchev–Trinajstić information content (AvgIpc) is 3.29. The minimum Gasteiger partial charge on any atom is -0.496 e. The molecule has 35 heavy (non-hydrogen) atoms. The zero-order valence-corrected chi connectivity index (χ0v) is 19.7. The summed E-state index contributed by atoms with van der Waals surface area (Å²) in [6.45, 7) is 3.97. The van der Waals surface area contributed by atoms with Crippen LogP contribution in [0.3, 0.4) is 0 Å². The number of aryl methyl sites for hydroxylation is 1. The lowest BCUT2D eigenvalue weighted by Crippen LogP contribution is -2.38. The molecule has 0 saturated carbocycles. The Morgan fingerprint density at radius 3 is 3.03 bits per heavy atom. The summed E-state index contributed by atoms with van der Waals surface area (Å²) in [4.78, 5) is 36.1. The zero-order valence-electron chi connectivity index (χ0n) is 19.7. The number of likely N-dealkylation sites (tertiary alicyclic amines) is 1. The second-order valence-corrected chi connectivity index (χ2v) is 9.55. The smallest absolute Gasteiger partial charge is 0.309 e. The van der Waals surface area contributed by atoms with Gasteiger partial charge >= 0.3 is 5.91 Å². The number of unbranched alkanes of at least 4 members (excludes halogenated alkanes) is 1. The molecule has 3 aliphatic rings. The molecule has 1 fully saturated rings. The Kier molecular flexibility index (Phi) is 5.56. The summed E-state index contributed by atoms with van der Waals surface area (Å²) in [5, 5.41) is 0.763. The monoisotopic (exact) mass is 474 g/mol. The molecule has 3 aromatic rings. The number of hydrazine groups is 1. The third kappa shape index (κ3) is 3.99. The van der Waals surface area contributed by atoms with Gasteiger partial charge in [0, 0.05) is 54.1 Å². The topological polar surface area (TPSA) is 96.7 Å². The Bertz CT molecular complexity index is 1310. The molecule has 180 valence electrons. The van der Waals surface area contributed by atoms with Crippen LogP contribution in [0.2, 0.25) is 0 Å². The fourth-order valence-corrected chi connectivity index (χ4v) is 5.71. The second kappa shape index (κ2) is 8.88. The maximum Gasteiger partial charge on any atom is 0.309 e. The van der Waals surface area contributed by atoms with E-state index in [0.29, 0.717) is 27.8 Å². The lowest BCUT2D eigenvalue weighted by Gasteiger charge is -2.29. The van der Waals surface area contributed by atoms with Gasteiger partial charge in [-0.2, -0.15) is 0 Å². The predicted octanol–water partition coefficient (Wildman–Crippen LogP) is 3.01. The summed E-state index contributed by atoms with van der Waals surface area (Å²) in [6, 6.07) is 9.63. The highest BCUT2D eigenvalue weighted by atomic mass is 16.5.